The van der Waals surface area contributed by atoms with Crippen LogP contribution in [0.1, 0.15) is 45.8 Å². The highest BCUT2D eigenvalue weighted by atomic mass is 16.3. The highest BCUT2D eigenvalue weighted by Gasteiger charge is 2.24. The van der Waals surface area contributed by atoms with Crippen LogP contribution in [0.5, 0.6) is 0 Å². The van der Waals surface area contributed by atoms with Crippen LogP contribution in [0.3, 0.4) is 0 Å². The maximum absolute atomic E-state index is 5.45. The minimum atomic E-state index is 0.321. The zero-order valence-electron chi connectivity index (χ0n) is 10.9. The zero-order valence-corrected chi connectivity index (χ0v) is 10.9. The molecule has 0 saturated heterocycles. The monoisotopic (exact) mass is 223 g/mol. The third kappa shape index (κ3) is 4.40. The van der Waals surface area contributed by atoms with Crippen molar-refractivity contribution in [2.24, 2.45) is 5.41 Å². The standard InChI is InChI=1S/C14H25NO/c1-4-8-14(3,12-15-9-5-2)11-13-7-6-10-16-13/h6-7,10,15H,4-5,8-9,11-12H2,1-3H3. The summed E-state index contributed by atoms with van der Waals surface area (Å²) < 4.78 is 5.45. The zero-order chi connectivity index (χ0) is 11.9. The van der Waals surface area contributed by atoms with Crippen molar-refractivity contribution in [3.63, 3.8) is 0 Å². The van der Waals surface area contributed by atoms with Crippen LogP contribution in [-0.2, 0) is 6.42 Å². The first-order chi connectivity index (χ1) is 7.70. The average molecular weight is 223 g/mol. The van der Waals surface area contributed by atoms with Crippen LogP contribution in [0.15, 0.2) is 22.8 Å². The maximum atomic E-state index is 5.45. The van der Waals surface area contributed by atoms with Crippen molar-refractivity contribution in [1.29, 1.82) is 0 Å². The third-order valence-electron chi connectivity index (χ3n) is 3.01. The summed E-state index contributed by atoms with van der Waals surface area (Å²) in [6.45, 7) is 8.99. The third-order valence-corrected chi connectivity index (χ3v) is 3.01. The quantitative estimate of drug-likeness (QED) is 0.681. The predicted octanol–water partition coefficient (Wildman–Crippen LogP) is 3.63. The summed E-state index contributed by atoms with van der Waals surface area (Å²) in [6, 6.07) is 4.05. The molecule has 0 aliphatic carbocycles. The largest absolute Gasteiger partial charge is 0.469 e. The molecule has 0 amide bonds. The van der Waals surface area contributed by atoms with Gasteiger partial charge in [0.1, 0.15) is 5.76 Å². The van der Waals surface area contributed by atoms with Gasteiger partial charge in [0.2, 0.25) is 0 Å². The summed E-state index contributed by atoms with van der Waals surface area (Å²) in [7, 11) is 0. The van der Waals surface area contributed by atoms with Gasteiger partial charge in [0.25, 0.3) is 0 Å². The predicted molar refractivity (Wildman–Crippen MR) is 68.6 cm³/mol. The van der Waals surface area contributed by atoms with Gasteiger partial charge in [0.05, 0.1) is 6.26 Å². The first-order valence-electron chi connectivity index (χ1n) is 6.43. The van der Waals surface area contributed by atoms with Gasteiger partial charge in [-0.25, -0.2) is 0 Å². The summed E-state index contributed by atoms with van der Waals surface area (Å²) in [5, 5.41) is 3.53. The second-order valence-corrected chi connectivity index (χ2v) is 4.99. The lowest BCUT2D eigenvalue weighted by Crippen LogP contribution is -2.34. The number of nitrogens with one attached hydrogen (secondary N) is 1. The minimum absolute atomic E-state index is 0.321. The van der Waals surface area contributed by atoms with Crippen molar-refractivity contribution in [3.05, 3.63) is 24.2 Å². The van der Waals surface area contributed by atoms with E-state index < -0.39 is 0 Å². The summed E-state index contributed by atoms with van der Waals surface area (Å²) >= 11 is 0. The van der Waals surface area contributed by atoms with E-state index in [1.807, 2.05) is 6.07 Å². The number of hydrogen-bond donors (Lipinski definition) is 1. The van der Waals surface area contributed by atoms with Crippen molar-refractivity contribution in [2.45, 2.75) is 46.5 Å². The first kappa shape index (κ1) is 13.3. The summed E-state index contributed by atoms with van der Waals surface area (Å²) in [6.07, 6.45) is 6.46. The van der Waals surface area contributed by atoms with E-state index in [1.165, 1.54) is 19.3 Å². The Morgan fingerprint density at radius 1 is 1.31 bits per heavy atom. The molecule has 1 aromatic heterocycles. The summed E-state index contributed by atoms with van der Waals surface area (Å²) in [4.78, 5) is 0. The Morgan fingerprint density at radius 2 is 2.12 bits per heavy atom. The van der Waals surface area contributed by atoms with Crippen LogP contribution in [0.25, 0.3) is 0 Å². The molecular weight excluding hydrogens is 198 g/mol. The van der Waals surface area contributed by atoms with Crippen LogP contribution < -0.4 is 5.32 Å². The summed E-state index contributed by atoms with van der Waals surface area (Å²) in [5.41, 5.74) is 0.321. The Bertz CT molecular complexity index is 268. The fraction of sp³-hybridized carbons (Fsp3) is 0.714. The first-order valence-corrected chi connectivity index (χ1v) is 6.43. The highest BCUT2D eigenvalue weighted by Crippen LogP contribution is 2.27. The molecule has 0 bridgehead atoms. The Morgan fingerprint density at radius 3 is 2.69 bits per heavy atom. The molecule has 0 aromatic carbocycles. The molecule has 0 spiro atoms. The fourth-order valence-corrected chi connectivity index (χ4v) is 2.24. The molecule has 2 heteroatoms. The molecule has 0 saturated carbocycles. The van der Waals surface area contributed by atoms with Crippen LogP contribution >= 0.6 is 0 Å². The molecule has 1 rings (SSSR count). The smallest absolute Gasteiger partial charge is 0.104 e. The van der Waals surface area contributed by atoms with E-state index in [2.05, 4.69) is 32.2 Å². The molecule has 1 aromatic rings. The maximum Gasteiger partial charge on any atom is 0.104 e. The summed E-state index contributed by atoms with van der Waals surface area (Å²) in [5.74, 6) is 1.11. The molecule has 1 unspecified atom stereocenters. The molecule has 0 aliphatic rings. The Kier molecular flexibility index (Phi) is 5.61. The van der Waals surface area contributed by atoms with Crippen molar-refractivity contribution in [3.8, 4) is 0 Å². The molecule has 1 atom stereocenters. The van der Waals surface area contributed by atoms with Crippen molar-refractivity contribution in [1.82, 2.24) is 5.32 Å². The fourth-order valence-electron chi connectivity index (χ4n) is 2.24. The van der Waals surface area contributed by atoms with Crippen LogP contribution in [0.4, 0.5) is 0 Å². The van der Waals surface area contributed by atoms with E-state index in [0.717, 1.165) is 25.3 Å². The van der Waals surface area contributed by atoms with E-state index in [0.29, 0.717) is 5.41 Å². The van der Waals surface area contributed by atoms with Gasteiger partial charge in [-0.1, -0.05) is 27.2 Å². The highest BCUT2D eigenvalue weighted by molar-refractivity contribution is 5.02. The van der Waals surface area contributed by atoms with Gasteiger partial charge in [-0.15, -0.1) is 0 Å². The van der Waals surface area contributed by atoms with Crippen LogP contribution in [0.2, 0.25) is 0 Å². The Hall–Kier alpha value is -0.760. The number of hydrogen-bond acceptors (Lipinski definition) is 2. The SMILES string of the molecule is CCCNCC(C)(CCC)Cc1ccco1. The number of rotatable bonds is 8. The van der Waals surface area contributed by atoms with Gasteiger partial charge in [-0.2, -0.15) is 0 Å². The van der Waals surface area contributed by atoms with E-state index in [-0.39, 0.29) is 0 Å². The van der Waals surface area contributed by atoms with E-state index in [1.54, 1.807) is 6.26 Å². The van der Waals surface area contributed by atoms with Crippen molar-refractivity contribution < 1.29 is 4.42 Å². The van der Waals surface area contributed by atoms with Crippen LogP contribution in [0, 0.1) is 5.41 Å². The second kappa shape index (κ2) is 6.74. The molecule has 0 fully saturated rings. The molecular formula is C14H25NO. The Balaban J connectivity index is 2.50. The second-order valence-electron chi connectivity index (χ2n) is 4.99. The van der Waals surface area contributed by atoms with Crippen LogP contribution in [-0.4, -0.2) is 13.1 Å². The van der Waals surface area contributed by atoms with Gasteiger partial charge >= 0.3 is 0 Å². The van der Waals surface area contributed by atoms with Gasteiger partial charge in [0, 0.05) is 13.0 Å². The van der Waals surface area contributed by atoms with Crippen molar-refractivity contribution >= 4 is 0 Å². The molecule has 1 heterocycles. The lowest BCUT2D eigenvalue weighted by Gasteiger charge is -2.28. The van der Waals surface area contributed by atoms with Crippen molar-refractivity contribution in [2.75, 3.05) is 13.1 Å². The Labute approximate surface area is 99.4 Å². The van der Waals surface area contributed by atoms with E-state index in [4.69, 9.17) is 4.42 Å². The normalized spacial score (nSPS) is 14.9. The molecule has 0 aliphatic heterocycles. The van der Waals surface area contributed by atoms with Gasteiger partial charge in [-0.3, -0.25) is 0 Å². The molecule has 1 N–H and O–H groups in total. The molecule has 0 radical (unpaired) electrons. The number of furan rings is 1. The van der Waals surface area contributed by atoms with Gasteiger partial charge in [0.15, 0.2) is 0 Å². The molecule has 2 nitrogen and oxygen atoms in total. The van der Waals surface area contributed by atoms with Gasteiger partial charge in [-0.05, 0) is 36.9 Å². The minimum Gasteiger partial charge on any atom is -0.469 e. The lowest BCUT2D eigenvalue weighted by atomic mass is 9.81. The topological polar surface area (TPSA) is 25.2 Å². The molecule has 16 heavy (non-hydrogen) atoms. The average Bonchev–Trinajstić information content (AvgIpc) is 2.71. The lowest BCUT2D eigenvalue weighted by molar-refractivity contribution is 0.257. The van der Waals surface area contributed by atoms with E-state index >= 15 is 0 Å². The molecule has 92 valence electrons. The van der Waals surface area contributed by atoms with Gasteiger partial charge < -0.3 is 9.73 Å². The van der Waals surface area contributed by atoms with E-state index in [9.17, 15) is 0 Å².